The number of methoxy groups -OCH3 is 2. The lowest BCUT2D eigenvalue weighted by Crippen LogP contribution is -2.50. The van der Waals surface area contributed by atoms with Crippen molar-refractivity contribution < 1.29 is 85.3 Å². The van der Waals surface area contributed by atoms with E-state index in [9.17, 15) is 42.7 Å². The highest BCUT2D eigenvalue weighted by Gasteiger charge is 2.28. The van der Waals surface area contributed by atoms with Crippen LogP contribution in [0.5, 0.6) is 23.0 Å². The van der Waals surface area contributed by atoms with Crippen molar-refractivity contribution >= 4 is 113 Å². The number of esters is 2. The Labute approximate surface area is 611 Å². The van der Waals surface area contributed by atoms with Crippen molar-refractivity contribution in [3.63, 3.8) is 0 Å². The zero-order valence-electron chi connectivity index (χ0n) is 57.6. The van der Waals surface area contributed by atoms with E-state index in [2.05, 4.69) is 78.5 Å². The second kappa shape index (κ2) is 40.3. The summed E-state index contributed by atoms with van der Waals surface area (Å²) in [5.74, 6) is -0.307. The minimum atomic E-state index is -0.967. The van der Waals surface area contributed by atoms with Crippen molar-refractivity contribution in [2.75, 3.05) is 189 Å². The monoisotopic (exact) mass is 1570 g/mol. The molecule has 3 amide bonds. The zero-order chi connectivity index (χ0) is 73.0. The maximum Gasteiger partial charge on any atom is 0.409 e. The summed E-state index contributed by atoms with van der Waals surface area (Å²) in [6, 6.07) is 16.3. The Morgan fingerprint density at radius 1 is 0.641 bits per heavy atom. The van der Waals surface area contributed by atoms with Gasteiger partial charge < -0.3 is 78.8 Å². The van der Waals surface area contributed by atoms with Gasteiger partial charge in [0, 0.05) is 130 Å². The second-order valence-electron chi connectivity index (χ2n) is 24.4. The van der Waals surface area contributed by atoms with Crippen LogP contribution in [-0.4, -0.2) is 269 Å². The first kappa shape index (κ1) is 78.3. The Hall–Kier alpha value is -8.84. The molecule has 5 heterocycles. The molecule has 3 aliphatic rings. The van der Waals surface area contributed by atoms with Crippen molar-refractivity contribution in [3.8, 4) is 23.0 Å². The fourth-order valence-corrected chi connectivity index (χ4v) is 12.2. The molecular weight excluding hydrogens is 1480 g/mol. The molecule has 31 nitrogen and oxygen atoms in total. The van der Waals surface area contributed by atoms with E-state index in [0.717, 1.165) is 0 Å². The van der Waals surface area contributed by atoms with Crippen LogP contribution < -0.4 is 45.6 Å². The van der Waals surface area contributed by atoms with E-state index in [4.69, 9.17) is 42.6 Å². The third-order valence-electron chi connectivity index (χ3n) is 17.4. The molecule has 2 aromatic heterocycles. The van der Waals surface area contributed by atoms with E-state index in [1.54, 1.807) is 63.2 Å². The lowest BCUT2D eigenvalue weighted by Gasteiger charge is -2.32. The van der Waals surface area contributed by atoms with Gasteiger partial charge in [-0.3, -0.25) is 34.5 Å². The largest absolute Gasteiger partial charge is 0.493 e. The van der Waals surface area contributed by atoms with Gasteiger partial charge in [-0.15, -0.1) is 0 Å². The molecule has 3 aliphatic heterocycles. The lowest BCUT2D eigenvalue weighted by molar-refractivity contribution is -0.167. The number of alkyl carbamates (subject to hydrolysis) is 1. The molecule has 0 bridgehead atoms. The molecule has 3 saturated heterocycles. The number of hydrogen-bond acceptors (Lipinski definition) is 27. The normalized spacial score (nSPS) is 15.7. The number of hydrazine groups is 1. The quantitative estimate of drug-likeness (QED) is 0.0142. The molecule has 0 radical (unpaired) electrons. The van der Waals surface area contributed by atoms with Gasteiger partial charge in [0.2, 0.25) is 6.79 Å². The van der Waals surface area contributed by atoms with Gasteiger partial charge in [0.1, 0.15) is 55.7 Å². The van der Waals surface area contributed by atoms with Crippen LogP contribution in [0.25, 0.3) is 21.8 Å². The van der Waals surface area contributed by atoms with Gasteiger partial charge in [-0.05, 0) is 92.6 Å². The van der Waals surface area contributed by atoms with E-state index >= 15 is 0 Å². The van der Waals surface area contributed by atoms with Crippen molar-refractivity contribution in [2.45, 2.75) is 32.6 Å². The number of ether oxygens (including phenoxy) is 9. The predicted molar refractivity (Wildman–Crippen MR) is 381 cm³/mol. The summed E-state index contributed by atoms with van der Waals surface area (Å²) in [5.41, 5.74) is 4.87. The molecule has 558 valence electrons. The number of carbonyl (C=O) groups excluding carboxylic acids is 5. The van der Waals surface area contributed by atoms with Crippen molar-refractivity contribution in [1.29, 1.82) is 0 Å². The number of fused-ring (bicyclic) bond motifs is 2. The Morgan fingerprint density at radius 2 is 1.17 bits per heavy atom. The summed E-state index contributed by atoms with van der Waals surface area (Å²) in [7, 11) is 3.05. The summed E-state index contributed by atoms with van der Waals surface area (Å²) in [6.45, 7) is 7.06. The van der Waals surface area contributed by atoms with E-state index in [-0.39, 0.29) is 95.4 Å². The fourth-order valence-electron chi connectivity index (χ4n) is 11.5. The first-order valence-corrected chi connectivity index (χ1v) is 35.5. The number of nitrogens with zero attached hydrogens (tertiary/aromatic N) is 10. The number of carboxylic acids is 1. The van der Waals surface area contributed by atoms with Crippen LogP contribution in [0.1, 0.15) is 32.6 Å². The van der Waals surface area contributed by atoms with Crippen LogP contribution in [-0.2, 0) is 38.1 Å². The maximum absolute atomic E-state index is 14.8. The van der Waals surface area contributed by atoms with Gasteiger partial charge in [0.15, 0.2) is 23.0 Å². The van der Waals surface area contributed by atoms with Crippen molar-refractivity contribution in [3.05, 3.63) is 93.9 Å². The number of cyclic esters (lactones) is 2. The number of aliphatic carboxylic acids is 1. The highest BCUT2D eigenvalue weighted by molar-refractivity contribution is 9.10. The summed E-state index contributed by atoms with van der Waals surface area (Å²) in [5, 5.41) is 24.3. The van der Waals surface area contributed by atoms with E-state index in [0.29, 0.717) is 176 Å². The topological polar surface area (TPSA) is 337 Å². The van der Waals surface area contributed by atoms with Crippen LogP contribution in [0.2, 0.25) is 0 Å². The highest BCUT2D eigenvalue weighted by Crippen LogP contribution is 2.38. The second-order valence-corrected chi connectivity index (χ2v) is 26.2. The number of aromatic nitrogens is 4. The lowest BCUT2D eigenvalue weighted by atomic mass is 9.98. The van der Waals surface area contributed by atoms with Gasteiger partial charge >= 0.3 is 36.2 Å². The van der Waals surface area contributed by atoms with Gasteiger partial charge in [-0.2, -0.15) is 0 Å². The SMILES string of the molecule is CCN(CCN1CCN(NCCNC(=O)OCCN(CCOC(=O)N2CCC(COc3cc4ncnc(Nc5ccc(Br)cc5F)c4cc3OC)CC2)CCOC(=O)N2CCC(COc3cc4ncnc(Nc5ccc(Br)cc5F)c4cc3OC)CC2)CCNCC(=O)OCOC(=O)C1)CC(=O)O. The summed E-state index contributed by atoms with van der Waals surface area (Å²) in [4.78, 5) is 103. The number of halogens is 4. The smallest absolute Gasteiger partial charge is 0.409 e. The molecule has 0 aliphatic carbocycles. The molecule has 3 fully saturated rings. The van der Waals surface area contributed by atoms with Gasteiger partial charge in [0.05, 0.1) is 69.5 Å². The Bertz CT molecular complexity index is 3640. The summed E-state index contributed by atoms with van der Waals surface area (Å²) < 4.78 is 82.0. The number of carboxylic acid groups (broad SMARTS) is 1. The minimum absolute atomic E-state index is 0.0191. The number of nitrogens with one attached hydrogen (secondary N) is 5. The Morgan fingerprint density at radius 3 is 1.67 bits per heavy atom. The molecule has 4 aromatic carbocycles. The summed E-state index contributed by atoms with van der Waals surface area (Å²) in [6.07, 6.45) is 3.64. The van der Waals surface area contributed by atoms with E-state index < -0.39 is 54.6 Å². The fraction of sp³-hybridized carbons (Fsp3) is 0.500. The van der Waals surface area contributed by atoms with Gasteiger partial charge in [-0.1, -0.05) is 38.8 Å². The number of amides is 3. The number of anilines is 4. The van der Waals surface area contributed by atoms with Gasteiger partial charge in [0.25, 0.3) is 0 Å². The van der Waals surface area contributed by atoms with Crippen molar-refractivity contribution in [2.24, 2.45) is 11.8 Å². The third-order valence-corrected chi connectivity index (χ3v) is 18.4. The zero-order valence-corrected chi connectivity index (χ0v) is 60.8. The molecule has 6 aromatic rings. The Kier molecular flexibility index (Phi) is 30.6. The van der Waals surface area contributed by atoms with Crippen LogP contribution in [0.4, 0.5) is 46.2 Å². The number of likely N-dealkylation sites (tertiary alicyclic amines) is 2. The van der Waals surface area contributed by atoms with Crippen LogP contribution in [0.15, 0.2) is 82.3 Å². The molecule has 9 rings (SSSR count). The van der Waals surface area contributed by atoms with Crippen LogP contribution in [0.3, 0.4) is 0 Å². The number of rotatable bonds is 31. The molecule has 103 heavy (non-hydrogen) atoms. The van der Waals surface area contributed by atoms with Gasteiger partial charge in [-0.25, -0.2) is 48.1 Å². The highest BCUT2D eigenvalue weighted by atomic mass is 79.9. The maximum atomic E-state index is 14.8. The molecule has 0 spiro atoms. The van der Waals surface area contributed by atoms with Crippen LogP contribution >= 0.6 is 31.9 Å². The number of likely N-dealkylation sites (N-methyl/N-ethyl adjacent to an activating group) is 1. The standard InChI is InChI=1S/C68H87Br2F2N15O16/c1-4-82(38-61(88)89)21-22-84-23-24-87(20-15-73-37-62(90)102-44-103-63(91)39-84)79-14-13-74-66(92)97-28-25-83(26-29-98-67(93)85-16-9-45(10-17-85)40-100-59-35-55-49(33-57(59)95-2)64(77-42-75-55)80-53-7-5-47(69)31-51(53)71)27-30-99-68(94)86-18-11-46(12-19-86)41-101-60-36-56-50(34-58(60)96-3)65(78-43-76-56)81-54-8-6-48(70)32-52(54)72/h5-8,31-36,42-43,45-46,73,79H,4,9-30,37-41,44H2,1-3H3,(H,74,92)(H,88,89)(H,75,77,80)(H,76,78,81). The van der Waals surface area contributed by atoms with Crippen molar-refractivity contribution in [1.82, 2.24) is 65.5 Å². The average Bonchev–Trinajstić information content (AvgIpc) is 0.796. The predicted octanol–water partition coefficient (Wildman–Crippen LogP) is 7.23. The molecular formula is C68H87Br2F2N15O16. The molecule has 0 unspecified atom stereocenters. The molecule has 0 saturated carbocycles. The first-order valence-electron chi connectivity index (χ1n) is 33.9. The number of benzene rings is 4. The summed E-state index contributed by atoms with van der Waals surface area (Å²) >= 11 is 6.57. The minimum Gasteiger partial charge on any atom is -0.493 e. The van der Waals surface area contributed by atoms with E-state index in [1.807, 2.05) is 21.7 Å². The Balaban J connectivity index is 0.741. The third kappa shape index (κ3) is 24.7. The van der Waals surface area contributed by atoms with E-state index in [1.165, 1.54) is 39.0 Å². The average molecular weight is 1570 g/mol. The molecule has 6 N–H and O–H groups in total. The number of carbonyl (C=O) groups is 6. The molecule has 0 atom stereocenters. The molecule has 35 heteroatoms. The number of hydrogen-bond donors (Lipinski definition) is 6. The number of piperidine rings is 2. The first-order chi connectivity index (χ1) is 49.9. The van der Waals surface area contributed by atoms with Crippen LogP contribution in [0, 0.1) is 23.5 Å².